The summed E-state index contributed by atoms with van der Waals surface area (Å²) in [4.78, 5) is 18.9. The van der Waals surface area contributed by atoms with Gasteiger partial charge in [0.15, 0.2) is 5.82 Å². The summed E-state index contributed by atoms with van der Waals surface area (Å²) in [6.07, 6.45) is -2.52. The maximum Gasteiger partial charge on any atom is 0.417 e. The van der Waals surface area contributed by atoms with E-state index in [4.69, 9.17) is 16.7 Å². The molecule has 0 aliphatic rings. The summed E-state index contributed by atoms with van der Waals surface area (Å²) in [5, 5.41) is 8.60. The largest absolute Gasteiger partial charge is 0.478 e. The van der Waals surface area contributed by atoms with Crippen molar-refractivity contribution in [2.24, 2.45) is 0 Å². The lowest BCUT2D eigenvalue weighted by Gasteiger charge is -2.25. The van der Waals surface area contributed by atoms with Crippen LogP contribution in [-0.2, 0) is 22.7 Å². The Morgan fingerprint density at radius 1 is 0.947 bits per heavy atom. The first-order valence-electron chi connectivity index (χ1n) is 11.0. The van der Waals surface area contributed by atoms with E-state index in [0.29, 0.717) is 17.8 Å². The van der Waals surface area contributed by atoms with Gasteiger partial charge >= 0.3 is 12.1 Å². The van der Waals surface area contributed by atoms with Crippen LogP contribution in [0.4, 0.5) is 19.0 Å². The molecule has 0 fully saturated rings. The van der Waals surface area contributed by atoms with Crippen LogP contribution in [-0.4, -0.2) is 29.5 Å². The van der Waals surface area contributed by atoms with Gasteiger partial charge in [-0.3, -0.25) is 4.98 Å². The molecule has 0 radical (unpaired) electrons. The molecule has 4 aromatic rings. The summed E-state index contributed by atoms with van der Waals surface area (Å²) in [6.45, 7) is 1.55. The van der Waals surface area contributed by atoms with Crippen LogP contribution >= 0.6 is 11.6 Å². The maximum absolute atomic E-state index is 13.6. The first kappa shape index (κ1) is 27.1. The van der Waals surface area contributed by atoms with Gasteiger partial charge in [0.25, 0.3) is 10.0 Å². The number of carboxylic acid groups (broad SMARTS) is 1. The molecule has 2 heterocycles. The van der Waals surface area contributed by atoms with Gasteiger partial charge in [0, 0.05) is 23.7 Å². The van der Waals surface area contributed by atoms with Crippen molar-refractivity contribution in [1.82, 2.24) is 9.97 Å². The number of sulfonamides is 1. The normalized spacial score (nSPS) is 11.8. The highest BCUT2D eigenvalue weighted by Crippen LogP contribution is 2.36. The smallest absolute Gasteiger partial charge is 0.417 e. The number of alkyl halides is 3. The first-order valence-corrected chi connectivity index (χ1v) is 12.8. The molecule has 2 aromatic carbocycles. The van der Waals surface area contributed by atoms with Crippen LogP contribution in [0.1, 0.15) is 27.2 Å². The number of halogens is 4. The second-order valence-electron chi connectivity index (χ2n) is 8.25. The summed E-state index contributed by atoms with van der Waals surface area (Å²) in [6, 6.07) is 15.6. The van der Waals surface area contributed by atoms with Gasteiger partial charge < -0.3 is 5.11 Å². The molecule has 1 N–H and O–H groups in total. The van der Waals surface area contributed by atoms with Gasteiger partial charge in [-0.1, -0.05) is 41.9 Å². The third-order valence-electron chi connectivity index (χ3n) is 5.60. The number of anilines is 1. The highest BCUT2D eigenvalue weighted by molar-refractivity contribution is 7.92. The number of hydrogen-bond donors (Lipinski definition) is 1. The highest BCUT2D eigenvalue weighted by atomic mass is 35.5. The van der Waals surface area contributed by atoms with Gasteiger partial charge in [-0.2, -0.15) is 13.2 Å². The number of carbonyl (C=O) groups is 1. The van der Waals surface area contributed by atoms with Crippen LogP contribution < -0.4 is 4.31 Å². The van der Waals surface area contributed by atoms with E-state index in [9.17, 15) is 26.4 Å². The molecule has 38 heavy (non-hydrogen) atoms. The summed E-state index contributed by atoms with van der Waals surface area (Å²) in [5.41, 5.74) is 1.75. The fourth-order valence-corrected chi connectivity index (χ4v) is 5.29. The van der Waals surface area contributed by atoms with Crippen LogP contribution in [0.3, 0.4) is 0 Å². The number of nitrogens with zero attached hydrogens (tertiary/aromatic N) is 3. The molecule has 0 bridgehead atoms. The van der Waals surface area contributed by atoms with E-state index in [0.717, 1.165) is 45.4 Å². The Bertz CT molecular complexity index is 1580. The topological polar surface area (TPSA) is 100 Å². The monoisotopic (exact) mass is 561 g/mol. The van der Waals surface area contributed by atoms with Crippen molar-refractivity contribution >= 4 is 33.4 Å². The molecule has 4 rings (SSSR count). The Hall–Kier alpha value is -3.96. The van der Waals surface area contributed by atoms with Crippen molar-refractivity contribution < 1.29 is 31.5 Å². The Morgan fingerprint density at radius 2 is 1.58 bits per heavy atom. The minimum absolute atomic E-state index is 0.137. The zero-order valence-electron chi connectivity index (χ0n) is 19.6. The van der Waals surface area contributed by atoms with Crippen molar-refractivity contribution in [2.45, 2.75) is 24.5 Å². The van der Waals surface area contributed by atoms with Gasteiger partial charge in [-0.05, 0) is 54.4 Å². The molecule has 196 valence electrons. The molecule has 0 saturated heterocycles. The van der Waals surface area contributed by atoms with E-state index in [-0.39, 0.29) is 17.0 Å². The minimum atomic E-state index is -4.73. The van der Waals surface area contributed by atoms with E-state index < -0.39 is 38.6 Å². The Morgan fingerprint density at radius 3 is 2.11 bits per heavy atom. The van der Waals surface area contributed by atoms with Gasteiger partial charge in [-0.25, -0.2) is 22.5 Å². The number of aromatic carboxylic acids is 1. The lowest BCUT2D eigenvalue weighted by Crippen LogP contribution is -2.32. The van der Waals surface area contributed by atoms with Gasteiger partial charge in [-0.15, -0.1) is 0 Å². The number of hydrogen-bond acceptors (Lipinski definition) is 5. The number of benzene rings is 2. The molecule has 12 heteroatoms. The zero-order chi connectivity index (χ0) is 27.7. The van der Waals surface area contributed by atoms with E-state index in [1.165, 1.54) is 0 Å². The Balaban J connectivity index is 1.75. The van der Waals surface area contributed by atoms with Gasteiger partial charge in [0.05, 0.1) is 27.6 Å². The number of aromatic nitrogens is 2. The molecule has 7 nitrogen and oxygen atoms in total. The average Bonchev–Trinajstić information content (AvgIpc) is 2.88. The van der Waals surface area contributed by atoms with Crippen molar-refractivity contribution in [3.8, 4) is 11.1 Å². The highest BCUT2D eigenvalue weighted by Gasteiger charge is 2.34. The van der Waals surface area contributed by atoms with Gasteiger partial charge in [0.1, 0.15) is 0 Å². The molecule has 0 aliphatic heterocycles. The molecular formula is C26H19ClF3N3O4S. The predicted molar refractivity (Wildman–Crippen MR) is 135 cm³/mol. The molecular weight excluding hydrogens is 543 g/mol. The fourth-order valence-electron chi connectivity index (χ4n) is 3.55. The van der Waals surface area contributed by atoms with E-state index in [1.807, 2.05) is 19.1 Å². The molecule has 0 unspecified atom stereocenters. The summed E-state index contributed by atoms with van der Waals surface area (Å²) in [7, 11) is -4.43. The Kier molecular flexibility index (Phi) is 7.43. The molecule has 0 atom stereocenters. The lowest BCUT2D eigenvalue weighted by atomic mass is 10.1. The quantitative estimate of drug-likeness (QED) is 0.287. The van der Waals surface area contributed by atoms with Crippen LogP contribution in [0.5, 0.6) is 0 Å². The standard InChI is InChI=1S/C26H19ClF3N3O4S/c1-16-2-5-20(13-31-16)18-6-3-17(4-7-18)15-33(24-23(27)12-21(14-32-24)26(28,29)30)38(36,37)22-10-8-19(9-11-22)25(34)35/h2-14H,15H2,1H3,(H,34,35). The van der Waals surface area contributed by atoms with Crippen molar-refractivity contribution in [3.63, 3.8) is 0 Å². The number of aryl methyl sites for hydroxylation is 1. The number of carboxylic acids is 1. The number of rotatable bonds is 7. The van der Waals surface area contributed by atoms with E-state index >= 15 is 0 Å². The second kappa shape index (κ2) is 10.4. The SMILES string of the molecule is Cc1ccc(-c2ccc(CN(c3ncc(C(F)(F)F)cc3Cl)S(=O)(=O)c3ccc(C(=O)O)cc3)cc2)cn1. The summed E-state index contributed by atoms with van der Waals surface area (Å²) in [5.74, 6) is -1.66. The zero-order valence-corrected chi connectivity index (χ0v) is 21.2. The molecule has 2 aromatic heterocycles. The first-order chi connectivity index (χ1) is 17.9. The van der Waals surface area contributed by atoms with Crippen LogP contribution in [0, 0.1) is 6.92 Å². The maximum atomic E-state index is 13.6. The van der Waals surface area contributed by atoms with Crippen molar-refractivity contribution in [1.29, 1.82) is 0 Å². The Labute approximate surface area is 221 Å². The third kappa shape index (κ3) is 5.79. The fraction of sp³-hybridized carbons (Fsp3) is 0.115. The van der Waals surface area contributed by atoms with Crippen LogP contribution in [0.25, 0.3) is 11.1 Å². The lowest BCUT2D eigenvalue weighted by molar-refractivity contribution is -0.137. The third-order valence-corrected chi connectivity index (χ3v) is 7.63. The van der Waals surface area contributed by atoms with Crippen LogP contribution in [0.15, 0.2) is 84.0 Å². The van der Waals surface area contributed by atoms with Gasteiger partial charge in [0.2, 0.25) is 0 Å². The van der Waals surface area contributed by atoms with Crippen LogP contribution in [0.2, 0.25) is 5.02 Å². The van der Waals surface area contributed by atoms with E-state index in [1.54, 1.807) is 30.5 Å². The minimum Gasteiger partial charge on any atom is -0.478 e. The van der Waals surface area contributed by atoms with E-state index in [2.05, 4.69) is 9.97 Å². The molecule has 0 amide bonds. The molecule has 0 spiro atoms. The number of pyridine rings is 2. The summed E-state index contributed by atoms with van der Waals surface area (Å²) >= 11 is 6.12. The second-order valence-corrected chi connectivity index (χ2v) is 10.5. The average molecular weight is 562 g/mol. The van der Waals surface area contributed by atoms with Crippen molar-refractivity contribution in [2.75, 3.05) is 4.31 Å². The molecule has 0 saturated carbocycles. The molecule has 0 aliphatic carbocycles. The predicted octanol–water partition coefficient (Wildman–Crippen LogP) is 6.22. The van der Waals surface area contributed by atoms with Crippen molar-refractivity contribution in [3.05, 3.63) is 107 Å². The summed E-state index contributed by atoms with van der Waals surface area (Å²) < 4.78 is 67.5.